The summed E-state index contributed by atoms with van der Waals surface area (Å²) < 4.78 is 0. The molecular weight excluding hydrogens is 520 g/mol. The maximum Gasteiger partial charge on any atom is 0.245 e. The number of likely N-dealkylation sites (tertiary alicyclic amines) is 3. The number of carbonyl (C=O) groups excluding carboxylic acids is 4. The number of nitrogens with zero attached hydrogens (tertiary/aromatic N) is 4. The van der Waals surface area contributed by atoms with Gasteiger partial charge in [0.2, 0.25) is 23.6 Å². The van der Waals surface area contributed by atoms with Crippen LogP contribution in [-0.2, 0) is 19.2 Å². The van der Waals surface area contributed by atoms with E-state index < -0.39 is 17.5 Å². The zero-order valence-electron chi connectivity index (χ0n) is 26.9. The summed E-state index contributed by atoms with van der Waals surface area (Å²) in [5.74, 6) is -0.0588. The highest BCUT2D eigenvalue weighted by atomic mass is 16.2. The van der Waals surface area contributed by atoms with Crippen molar-refractivity contribution in [1.29, 1.82) is 0 Å². The van der Waals surface area contributed by atoms with Gasteiger partial charge in [0.05, 0.1) is 12.1 Å². The summed E-state index contributed by atoms with van der Waals surface area (Å²) >= 11 is 0. The molecule has 3 heterocycles. The van der Waals surface area contributed by atoms with Gasteiger partial charge in [0.25, 0.3) is 0 Å². The van der Waals surface area contributed by atoms with Gasteiger partial charge in [-0.1, -0.05) is 41.0 Å². The van der Waals surface area contributed by atoms with Crippen LogP contribution in [0.4, 0.5) is 0 Å². The molecule has 0 saturated carbocycles. The molecule has 0 aromatic rings. The Labute approximate surface area is 247 Å². The van der Waals surface area contributed by atoms with Gasteiger partial charge in [0.15, 0.2) is 0 Å². The van der Waals surface area contributed by atoms with Crippen molar-refractivity contribution in [1.82, 2.24) is 30.2 Å². The summed E-state index contributed by atoms with van der Waals surface area (Å²) in [4.78, 5) is 61.7. The Morgan fingerprint density at radius 3 is 2.12 bits per heavy atom. The van der Waals surface area contributed by atoms with Crippen LogP contribution in [0.5, 0.6) is 0 Å². The lowest BCUT2D eigenvalue weighted by atomic mass is 9.84. The fourth-order valence-electron chi connectivity index (χ4n) is 6.79. The van der Waals surface area contributed by atoms with E-state index in [4.69, 9.17) is 0 Å². The van der Waals surface area contributed by atoms with Crippen LogP contribution in [0.2, 0.25) is 0 Å². The zero-order chi connectivity index (χ0) is 30.5. The van der Waals surface area contributed by atoms with Gasteiger partial charge in [-0.3, -0.25) is 29.0 Å². The number of nitrogens with one attached hydrogen (secondary N) is 2. The van der Waals surface area contributed by atoms with Gasteiger partial charge in [0, 0.05) is 32.7 Å². The largest absolute Gasteiger partial charge is 0.355 e. The van der Waals surface area contributed by atoms with Crippen LogP contribution < -0.4 is 10.6 Å². The molecule has 0 spiro atoms. The number of piperidine rings is 1. The first-order valence-corrected chi connectivity index (χ1v) is 15.9. The van der Waals surface area contributed by atoms with Gasteiger partial charge < -0.3 is 20.4 Å². The van der Waals surface area contributed by atoms with Crippen molar-refractivity contribution < 1.29 is 19.2 Å². The average Bonchev–Trinajstić information content (AvgIpc) is 3.59. The SMILES string of the molecule is CCNC(=O)[C@H]1CCCN1C(=O)[C@@H]1CCCN1C[C@H](C(C)C)N(C)C(=O)[C@@H](NC(=O)C1CCCCN1C)C(C)(C)C. The topological polar surface area (TPSA) is 105 Å². The van der Waals surface area contributed by atoms with Crippen LogP contribution in [0.25, 0.3) is 0 Å². The first-order chi connectivity index (χ1) is 19.3. The Morgan fingerprint density at radius 1 is 0.878 bits per heavy atom. The molecule has 1 unspecified atom stereocenters. The summed E-state index contributed by atoms with van der Waals surface area (Å²) in [6, 6.07) is -1.68. The van der Waals surface area contributed by atoms with Crippen LogP contribution in [-0.4, -0.2) is 120 Å². The second-order valence-electron chi connectivity index (χ2n) is 13.8. The van der Waals surface area contributed by atoms with E-state index in [-0.39, 0.29) is 47.7 Å². The molecule has 10 nitrogen and oxygen atoms in total. The molecular formula is C31H56N6O4. The van der Waals surface area contributed by atoms with E-state index in [1.807, 2.05) is 41.8 Å². The minimum atomic E-state index is -0.657. The summed E-state index contributed by atoms with van der Waals surface area (Å²) in [7, 11) is 3.82. The van der Waals surface area contributed by atoms with Gasteiger partial charge in [-0.05, 0) is 76.9 Å². The van der Waals surface area contributed by atoms with Gasteiger partial charge in [-0.2, -0.15) is 0 Å². The Hall–Kier alpha value is -2.20. The molecule has 3 rings (SSSR count). The molecule has 10 heteroatoms. The first kappa shape index (κ1) is 33.3. The van der Waals surface area contributed by atoms with E-state index >= 15 is 0 Å². The highest BCUT2D eigenvalue weighted by molar-refractivity contribution is 5.91. The van der Waals surface area contributed by atoms with Gasteiger partial charge in [-0.15, -0.1) is 0 Å². The molecule has 3 fully saturated rings. The first-order valence-electron chi connectivity index (χ1n) is 15.9. The molecule has 3 aliphatic rings. The monoisotopic (exact) mass is 576 g/mol. The van der Waals surface area contributed by atoms with Crippen molar-refractivity contribution in [3.8, 4) is 0 Å². The van der Waals surface area contributed by atoms with E-state index in [9.17, 15) is 19.2 Å². The number of amides is 4. The molecule has 5 atom stereocenters. The smallest absolute Gasteiger partial charge is 0.245 e. The summed E-state index contributed by atoms with van der Waals surface area (Å²) in [5, 5.41) is 6.02. The third-order valence-electron chi connectivity index (χ3n) is 9.35. The number of likely N-dealkylation sites (N-methyl/N-ethyl adjacent to an activating group) is 3. The number of carbonyl (C=O) groups is 4. The fraction of sp³-hybridized carbons (Fsp3) is 0.871. The third kappa shape index (κ3) is 8.00. The molecule has 0 aromatic heterocycles. The van der Waals surface area contributed by atoms with Crippen LogP contribution in [0.3, 0.4) is 0 Å². The number of hydrogen-bond donors (Lipinski definition) is 2. The Balaban J connectivity index is 1.73. The Morgan fingerprint density at radius 2 is 1.51 bits per heavy atom. The van der Waals surface area contributed by atoms with Crippen molar-refractivity contribution in [2.75, 3.05) is 46.8 Å². The van der Waals surface area contributed by atoms with E-state index in [1.54, 1.807) is 9.80 Å². The van der Waals surface area contributed by atoms with Crippen molar-refractivity contribution in [3.63, 3.8) is 0 Å². The van der Waals surface area contributed by atoms with Crippen molar-refractivity contribution >= 4 is 23.6 Å². The molecule has 0 aromatic carbocycles. The van der Waals surface area contributed by atoms with Crippen LogP contribution in [0, 0.1) is 11.3 Å². The van der Waals surface area contributed by atoms with E-state index in [1.165, 1.54) is 0 Å². The Kier molecular flexibility index (Phi) is 11.6. The minimum Gasteiger partial charge on any atom is -0.355 e. The molecule has 0 radical (unpaired) electrons. The lowest BCUT2D eigenvalue weighted by Crippen LogP contribution is -2.61. The van der Waals surface area contributed by atoms with Crippen molar-refractivity contribution in [2.45, 2.75) is 117 Å². The zero-order valence-corrected chi connectivity index (χ0v) is 26.9. The van der Waals surface area contributed by atoms with E-state index in [0.717, 1.165) is 51.6 Å². The summed E-state index contributed by atoms with van der Waals surface area (Å²) in [5.41, 5.74) is -0.467. The lowest BCUT2D eigenvalue weighted by molar-refractivity contribution is -0.144. The third-order valence-corrected chi connectivity index (χ3v) is 9.35. The number of rotatable bonds is 10. The second kappa shape index (κ2) is 14.3. The molecule has 2 N–H and O–H groups in total. The van der Waals surface area contributed by atoms with Crippen LogP contribution in [0.15, 0.2) is 0 Å². The maximum atomic E-state index is 14.1. The minimum absolute atomic E-state index is 0.0316. The fourth-order valence-corrected chi connectivity index (χ4v) is 6.79. The Bertz CT molecular complexity index is 934. The second-order valence-corrected chi connectivity index (χ2v) is 13.8. The molecule has 3 saturated heterocycles. The highest BCUT2D eigenvalue weighted by Gasteiger charge is 2.43. The number of hydrogen-bond acceptors (Lipinski definition) is 6. The molecule has 234 valence electrons. The predicted molar refractivity (Wildman–Crippen MR) is 161 cm³/mol. The molecule has 41 heavy (non-hydrogen) atoms. The molecule has 0 bridgehead atoms. The van der Waals surface area contributed by atoms with Crippen molar-refractivity contribution in [3.05, 3.63) is 0 Å². The molecule has 4 amide bonds. The van der Waals surface area contributed by atoms with Crippen LogP contribution in [0.1, 0.15) is 86.5 Å². The van der Waals surface area contributed by atoms with Crippen molar-refractivity contribution in [2.24, 2.45) is 11.3 Å². The maximum absolute atomic E-state index is 14.1. The van der Waals surface area contributed by atoms with Crippen LogP contribution >= 0.6 is 0 Å². The van der Waals surface area contributed by atoms with Gasteiger partial charge >= 0.3 is 0 Å². The van der Waals surface area contributed by atoms with E-state index in [2.05, 4.69) is 34.3 Å². The summed E-state index contributed by atoms with van der Waals surface area (Å²) in [6.07, 6.45) is 6.12. The normalized spacial score (nSPS) is 25.7. The van der Waals surface area contributed by atoms with Gasteiger partial charge in [-0.25, -0.2) is 0 Å². The average molecular weight is 577 g/mol. The molecule has 0 aliphatic carbocycles. The van der Waals surface area contributed by atoms with E-state index in [0.29, 0.717) is 26.1 Å². The molecule has 3 aliphatic heterocycles. The van der Waals surface area contributed by atoms with Gasteiger partial charge in [0.1, 0.15) is 12.1 Å². The highest BCUT2D eigenvalue weighted by Crippen LogP contribution is 2.28. The summed E-state index contributed by atoms with van der Waals surface area (Å²) in [6.45, 7) is 15.5. The predicted octanol–water partition coefficient (Wildman–Crippen LogP) is 2.08. The quantitative estimate of drug-likeness (QED) is 0.413. The standard InChI is InChI=1S/C31H56N6O4/c1-9-32-27(38)23-15-13-19-37(23)29(40)24-16-12-18-36(24)20-25(21(2)3)35(8)30(41)26(31(4,5)6)33-28(39)22-14-10-11-17-34(22)7/h21-26H,9-20H2,1-8H3,(H,32,38)(H,33,39)/t22?,23-,24+,25-,26-/m1/s1. The lowest BCUT2D eigenvalue weighted by Gasteiger charge is -2.41.